The molecular weight excluding hydrogens is 969 g/mol. The van der Waals surface area contributed by atoms with Gasteiger partial charge in [0.15, 0.2) is 24.8 Å². The fraction of sp³-hybridized carbons (Fsp3) is 0.421. The van der Waals surface area contributed by atoms with Crippen LogP contribution in [0.4, 0.5) is 0 Å². The van der Waals surface area contributed by atoms with Crippen molar-refractivity contribution in [2.45, 2.75) is 164 Å². The topological polar surface area (TPSA) is 15.5 Å². The van der Waals surface area contributed by atoms with Gasteiger partial charge in [-0.15, -0.1) is 0 Å². The quantitative estimate of drug-likeness (QED) is 0.135. The molecule has 0 spiro atoms. The Kier molecular flexibility index (Phi) is 18.1. The first-order chi connectivity index (χ1) is 39.8. The van der Waals surface area contributed by atoms with Gasteiger partial charge in [-0.2, -0.15) is 0 Å². The maximum absolute atomic E-state index is 8.53. The Morgan fingerprint density at radius 2 is 0.725 bits per heavy atom. The molecule has 0 saturated carbocycles. The first-order valence-electron chi connectivity index (χ1n) is 32.1. The van der Waals surface area contributed by atoms with E-state index in [0.717, 1.165) is 46.5 Å². The average molecular weight is 1080 g/mol. The number of hydrogen-bond donors (Lipinski definition) is 0. The van der Waals surface area contributed by atoms with Crippen LogP contribution in [0.5, 0.6) is 0 Å². The summed E-state index contributed by atoms with van der Waals surface area (Å²) in [4.78, 5) is 0. The maximum Gasteiger partial charge on any atom is 0.212 e. The van der Waals surface area contributed by atoms with Crippen LogP contribution >= 0.6 is 0 Å². The van der Waals surface area contributed by atoms with Crippen molar-refractivity contribution in [3.63, 3.8) is 0 Å². The lowest BCUT2D eigenvalue weighted by atomic mass is 9.87. The van der Waals surface area contributed by atoms with Crippen LogP contribution in [0.2, 0.25) is 0 Å². The Balaban J connectivity index is 0.000000212. The predicted octanol–water partition coefficient (Wildman–Crippen LogP) is 17.5. The molecule has 0 radical (unpaired) electrons. The normalized spacial score (nSPS) is 13.5. The van der Waals surface area contributed by atoms with E-state index in [2.05, 4.69) is 191 Å². The molecule has 0 amide bonds. The molecule has 0 saturated heterocycles. The van der Waals surface area contributed by atoms with Crippen LogP contribution in [-0.4, -0.2) is 0 Å². The summed E-state index contributed by atoms with van der Waals surface area (Å²) in [5.74, 6) is 0. The van der Waals surface area contributed by atoms with Crippen molar-refractivity contribution in [1.29, 1.82) is 0 Å². The third-order valence-corrected chi connectivity index (χ3v) is 13.9. The fourth-order valence-corrected chi connectivity index (χ4v) is 10.2. The summed E-state index contributed by atoms with van der Waals surface area (Å²) in [6, 6.07) is 41.4. The summed E-state index contributed by atoms with van der Waals surface area (Å²) in [5, 5.41) is 0. The van der Waals surface area contributed by atoms with Crippen molar-refractivity contribution < 1.29 is 27.9 Å². The standard InChI is InChI=1S/4C19H26N/c2*1-14-7-9-17(15(2)11-14)18-10-8-16(13-20(18)6)12-19(3,4)5;2*1-14-9-7-8-10-17(14)18-11-15(2)16(13-20(18)6)12-19(3,4)5/h4*7-11,13H,12H2,1-6H3/q4*+1/i1D3,12D2;;12D2;. The van der Waals surface area contributed by atoms with Crippen LogP contribution in [0.15, 0.2) is 146 Å². The Hall–Kier alpha value is -6.52. The van der Waals surface area contributed by atoms with Gasteiger partial charge in [0.25, 0.3) is 0 Å². The van der Waals surface area contributed by atoms with Gasteiger partial charge in [-0.3, -0.25) is 0 Å². The molecule has 0 N–H and O–H groups in total. The van der Waals surface area contributed by atoms with Gasteiger partial charge in [-0.05, 0) is 172 Å². The number of nitrogens with zero attached hydrogens (tertiary/aromatic N) is 4. The number of aryl methyl sites for hydroxylation is 12. The number of aromatic nitrogens is 4. The van der Waals surface area contributed by atoms with Crippen molar-refractivity contribution >= 4 is 0 Å². The van der Waals surface area contributed by atoms with Gasteiger partial charge in [-0.25, -0.2) is 18.3 Å². The lowest BCUT2D eigenvalue weighted by molar-refractivity contribution is -0.661. The zero-order valence-electron chi connectivity index (χ0n) is 60.6. The average Bonchev–Trinajstić information content (AvgIpc) is 1.66. The molecule has 0 bridgehead atoms. The molecule has 4 nitrogen and oxygen atoms in total. The molecule has 8 rings (SSSR count). The first-order valence-corrected chi connectivity index (χ1v) is 28.6. The van der Waals surface area contributed by atoms with E-state index < -0.39 is 30.4 Å². The Morgan fingerprint density at radius 3 is 1.15 bits per heavy atom. The third kappa shape index (κ3) is 19.3. The molecule has 424 valence electrons. The van der Waals surface area contributed by atoms with Gasteiger partial charge in [0.2, 0.25) is 22.8 Å². The largest absolute Gasteiger partial charge is 0.212 e. The molecule has 8 aromatic rings. The van der Waals surface area contributed by atoms with E-state index in [9.17, 15) is 0 Å². The van der Waals surface area contributed by atoms with Gasteiger partial charge < -0.3 is 0 Å². The number of pyridine rings is 4. The van der Waals surface area contributed by atoms with E-state index in [0.29, 0.717) is 22.0 Å². The van der Waals surface area contributed by atoms with E-state index in [1.54, 1.807) is 12.1 Å². The van der Waals surface area contributed by atoms with E-state index in [1.165, 1.54) is 67.0 Å². The monoisotopic (exact) mass is 1080 g/mol. The molecule has 0 aliphatic carbocycles. The number of hydrogen-bond acceptors (Lipinski definition) is 0. The summed E-state index contributed by atoms with van der Waals surface area (Å²) in [7, 11) is 8.16. The fourth-order valence-electron chi connectivity index (χ4n) is 10.2. The number of benzene rings is 4. The van der Waals surface area contributed by atoms with Crippen LogP contribution in [0, 0.1) is 77.0 Å². The van der Waals surface area contributed by atoms with Crippen molar-refractivity contribution in [2.75, 3.05) is 0 Å². The molecule has 4 aromatic heterocycles. The van der Waals surface area contributed by atoms with Crippen molar-refractivity contribution in [1.82, 2.24) is 0 Å². The van der Waals surface area contributed by atoms with Crippen LogP contribution in [0.25, 0.3) is 45.0 Å². The SMILES string of the molecule is Cc1cc(-c2ccccc2C)[n+](C)cc1CC(C)(C)C.Cc1ccc(-c2ccc(CC(C)(C)C)c[n+]2C)c(C)c1.[2H]C([2H])([2H])c1ccc(-c2ccc(C([2H])([2H])C(C)(C)C)c[n+]2C)c(C)c1.[2H]C([2H])(c1c[n+](C)c(-c2ccccc2C)cc1C)C(C)(C)C. The molecule has 4 heterocycles. The molecular formula is C76H104N4+4. The van der Waals surface area contributed by atoms with Crippen LogP contribution < -0.4 is 18.3 Å². The van der Waals surface area contributed by atoms with Crippen molar-refractivity contribution in [3.8, 4) is 45.0 Å². The minimum atomic E-state index is -2.11. The second-order valence-electron chi connectivity index (χ2n) is 27.0. The van der Waals surface area contributed by atoms with E-state index in [4.69, 9.17) is 9.60 Å². The zero-order valence-corrected chi connectivity index (χ0v) is 53.6. The Bertz CT molecular complexity index is 3690. The lowest BCUT2D eigenvalue weighted by Gasteiger charge is -2.19. The molecule has 4 aromatic carbocycles. The Morgan fingerprint density at radius 1 is 0.338 bits per heavy atom. The Labute approximate surface area is 497 Å². The summed E-state index contributed by atoms with van der Waals surface area (Å²) in [5.41, 5.74) is 22.1. The summed E-state index contributed by atoms with van der Waals surface area (Å²) < 4.78 is 64.9. The smallest absolute Gasteiger partial charge is 0.201 e. The van der Waals surface area contributed by atoms with Gasteiger partial charge in [-0.1, -0.05) is 155 Å². The summed E-state index contributed by atoms with van der Waals surface area (Å²) in [6.45, 7) is 37.8. The molecule has 0 atom stereocenters. The van der Waals surface area contributed by atoms with Crippen LogP contribution in [0.3, 0.4) is 0 Å². The molecule has 0 fully saturated rings. The van der Waals surface area contributed by atoms with Crippen molar-refractivity contribution in [2.24, 2.45) is 49.9 Å². The predicted molar refractivity (Wildman–Crippen MR) is 343 cm³/mol. The number of rotatable bonds is 8. The second kappa shape index (κ2) is 26.8. The molecule has 0 unspecified atom stereocenters. The highest BCUT2D eigenvalue weighted by Gasteiger charge is 2.23. The highest BCUT2D eigenvalue weighted by molar-refractivity contribution is 5.64. The maximum atomic E-state index is 8.53. The molecule has 4 heteroatoms. The highest BCUT2D eigenvalue weighted by atomic mass is 14.9. The minimum absolute atomic E-state index is 0.321. The van der Waals surface area contributed by atoms with Gasteiger partial charge in [0, 0.05) is 78.4 Å². The molecule has 80 heavy (non-hydrogen) atoms. The summed E-state index contributed by atoms with van der Waals surface area (Å²) in [6.07, 6.45) is 7.71. The highest BCUT2D eigenvalue weighted by Crippen LogP contribution is 2.30. The zero-order chi connectivity index (χ0) is 65.7. The van der Waals surface area contributed by atoms with Gasteiger partial charge >= 0.3 is 0 Å². The third-order valence-electron chi connectivity index (χ3n) is 13.9. The first kappa shape index (κ1) is 54.1. The second-order valence-corrected chi connectivity index (χ2v) is 27.0. The lowest BCUT2D eigenvalue weighted by Crippen LogP contribution is -2.32. The van der Waals surface area contributed by atoms with E-state index in [1.807, 2.05) is 121 Å². The van der Waals surface area contributed by atoms with Crippen molar-refractivity contribution in [3.05, 3.63) is 213 Å². The van der Waals surface area contributed by atoms with E-state index in [-0.39, 0.29) is 0 Å². The van der Waals surface area contributed by atoms with Crippen LogP contribution in [-0.2, 0) is 53.8 Å². The van der Waals surface area contributed by atoms with Gasteiger partial charge in [0.1, 0.15) is 28.2 Å². The summed E-state index contributed by atoms with van der Waals surface area (Å²) >= 11 is 0. The molecule has 0 aliphatic heterocycles. The molecule has 0 aliphatic rings. The van der Waals surface area contributed by atoms with Crippen LogP contribution in [0.1, 0.15) is 159 Å². The van der Waals surface area contributed by atoms with E-state index >= 15 is 0 Å². The minimum Gasteiger partial charge on any atom is -0.201 e. The van der Waals surface area contributed by atoms with Gasteiger partial charge in [0.05, 0.1) is 0 Å².